The topological polar surface area (TPSA) is 92.6 Å². The molecular weight excluding hydrogens is 346 g/mol. The largest absolute Gasteiger partial charge is 0.481 e. The van der Waals surface area contributed by atoms with E-state index in [0.29, 0.717) is 44.8 Å². The van der Waals surface area contributed by atoms with Crippen molar-refractivity contribution in [3.8, 4) is 6.01 Å². The summed E-state index contributed by atoms with van der Waals surface area (Å²) >= 11 is 0. The molecule has 1 N–H and O–H groups in total. The monoisotopic (exact) mass is 375 g/mol. The molecule has 1 aromatic heterocycles. The summed E-state index contributed by atoms with van der Waals surface area (Å²) in [7, 11) is 0. The maximum atomic E-state index is 12.8. The van der Waals surface area contributed by atoms with E-state index in [0.717, 1.165) is 31.2 Å². The third-order valence-electron chi connectivity index (χ3n) is 5.83. The minimum Gasteiger partial charge on any atom is -0.481 e. The summed E-state index contributed by atoms with van der Waals surface area (Å²) in [4.78, 5) is 34.8. The SMILES string of the molecule is Cc1cnc(OC2CCN(C(=O)CC3(C(=O)O)CCCCCC3)CC2)nc1. The molecule has 1 amide bonds. The summed E-state index contributed by atoms with van der Waals surface area (Å²) in [6.07, 6.45) is 10.1. The van der Waals surface area contributed by atoms with Gasteiger partial charge in [0.25, 0.3) is 0 Å². The number of amides is 1. The van der Waals surface area contributed by atoms with Crippen LogP contribution in [0.4, 0.5) is 0 Å². The Balaban J connectivity index is 1.53. The predicted octanol–water partition coefficient (Wildman–Crippen LogP) is 2.97. The van der Waals surface area contributed by atoms with E-state index in [1.54, 1.807) is 17.3 Å². The van der Waals surface area contributed by atoms with Gasteiger partial charge < -0.3 is 14.7 Å². The number of ether oxygens (including phenoxy) is 1. The molecule has 2 heterocycles. The molecule has 0 radical (unpaired) electrons. The first kappa shape index (κ1) is 19.6. The number of likely N-dealkylation sites (tertiary alicyclic amines) is 1. The van der Waals surface area contributed by atoms with Crippen molar-refractivity contribution in [2.45, 2.75) is 70.8 Å². The zero-order valence-corrected chi connectivity index (χ0v) is 16.0. The minimum absolute atomic E-state index is 0.0110. The number of aryl methyl sites for hydroxylation is 1. The lowest BCUT2D eigenvalue weighted by molar-refractivity contribution is -0.155. The Kier molecular flexibility index (Phi) is 6.29. The number of piperidine rings is 1. The molecule has 7 heteroatoms. The van der Waals surface area contributed by atoms with Crippen LogP contribution in [-0.2, 0) is 9.59 Å². The van der Waals surface area contributed by atoms with E-state index in [1.807, 2.05) is 6.92 Å². The maximum absolute atomic E-state index is 12.8. The molecule has 1 saturated heterocycles. The first-order valence-corrected chi connectivity index (χ1v) is 9.95. The van der Waals surface area contributed by atoms with Crippen molar-refractivity contribution in [2.75, 3.05) is 13.1 Å². The highest BCUT2D eigenvalue weighted by Crippen LogP contribution is 2.39. The molecular formula is C20H29N3O4. The van der Waals surface area contributed by atoms with Gasteiger partial charge in [0.15, 0.2) is 0 Å². The number of hydrogen-bond acceptors (Lipinski definition) is 5. The predicted molar refractivity (Wildman–Crippen MR) is 99.4 cm³/mol. The number of aromatic nitrogens is 2. The fraction of sp³-hybridized carbons (Fsp3) is 0.700. The Morgan fingerprint density at radius 3 is 2.30 bits per heavy atom. The van der Waals surface area contributed by atoms with Crippen LogP contribution in [0.15, 0.2) is 12.4 Å². The van der Waals surface area contributed by atoms with E-state index >= 15 is 0 Å². The van der Waals surface area contributed by atoms with E-state index < -0.39 is 11.4 Å². The molecule has 0 spiro atoms. The normalized spacial score (nSPS) is 20.7. The van der Waals surface area contributed by atoms with Gasteiger partial charge in [0.1, 0.15) is 6.10 Å². The molecule has 0 unspecified atom stereocenters. The molecule has 0 bridgehead atoms. The van der Waals surface area contributed by atoms with Crippen molar-refractivity contribution >= 4 is 11.9 Å². The standard InChI is InChI=1S/C20H29N3O4/c1-15-13-21-19(22-14-15)27-16-6-10-23(11-7-16)17(24)12-20(18(25)26)8-4-2-3-5-9-20/h13-14,16H,2-12H2,1H3,(H,25,26). The number of rotatable bonds is 5. The molecule has 27 heavy (non-hydrogen) atoms. The third kappa shape index (κ3) is 4.96. The molecule has 1 aromatic rings. The van der Waals surface area contributed by atoms with E-state index in [4.69, 9.17) is 4.74 Å². The van der Waals surface area contributed by atoms with Gasteiger partial charge in [-0.3, -0.25) is 9.59 Å². The Bertz CT molecular complexity index is 646. The van der Waals surface area contributed by atoms with Crippen LogP contribution in [0.1, 0.15) is 63.4 Å². The van der Waals surface area contributed by atoms with Crippen LogP contribution in [0, 0.1) is 12.3 Å². The lowest BCUT2D eigenvalue weighted by Gasteiger charge is -2.35. The van der Waals surface area contributed by atoms with Crippen LogP contribution in [0.25, 0.3) is 0 Å². The van der Waals surface area contributed by atoms with Crippen molar-refractivity contribution in [3.63, 3.8) is 0 Å². The number of carboxylic acid groups (broad SMARTS) is 1. The molecule has 0 aromatic carbocycles. The minimum atomic E-state index is -0.878. The molecule has 3 rings (SSSR count). The summed E-state index contributed by atoms with van der Waals surface area (Å²) in [6, 6.07) is 0.369. The van der Waals surface area contributed by atoms with Crippen LogP contribution >= 0.6 is 0 Å². The van der Waals surface area contributed by atoms with Gasteiger partial charge in [-0.15, -0.1) is 0 Å². The summed E-state index contributed by atoms with van der Waals surface area (Å²) in [5.41, 5.74) is 0.102. The van der Waals surface area contributed by atoms with E-state index in [9.17, 15) is 14.7 Å². The Hall–Kier alpha value is -2.18. The van der Waals surface area contributed by atoms with Gasteiger partial charge in [0.2, 0.25) is 5.91 Å². The van der Waals surface area contributed by atoms with Gasteiger partial charge in [-0.2, -0.15) is 0 Å². The number of carbonyl (C=O) groups excluding carboxylic acids is 1. The number of nitrogens with zero attached hydrogens (tertiary/aromatic N) is 3. The summed E-state index contributed by atoms with van der Waals surface area (Å²) in [5.74, 6) is -0.850. The fourth-order valence-electron chi connectivity index (χ4n) is 4.09. The van der Waals surface area contributed by atoms with E-state index in [-0.39, 0.29) is 18.4 Å². The Morgan fingerprint density at radius 1 is 1.15 bits per heavy atom. The van der Waals surface area contributed by atoms with Crippen molar-refractivity contribution in [1.82, 2.24) is 14.9 Å². The second kappa shape index (κ2) is 8.67. The van der Waals surface area contributed by atoms with Gasteiger partial charge in [0, 0.05) is 44.7 Å². The van der Waals surface area contributed by atoms with Gasteiger partial charge >= 0.3 is 12.0 Å². The lowest BCUT2D eigenvalue weighted by Crippen LogP contribution is -2.45. The smallest absolute Gasteiger partial charge is 0.316 e. The zero-order chi connectivity index (χ0) is 19.3. The lowest BCUT2D eigenvalue weighted by atomic mass is 9.77. The van der Waals surface area contributed by atoms with Crippen LogP contribution in [0.5, 0.6) is 6.01 Å². The molecule has 1 aliphatic carbocycles. The Morgan fingerprint density at radius 2 is 1.74 bits per heavy atom. The molecule has 2 fully saturated rings. The summed E-state index contributed by atoms with van der Waals surface area (Å²) in [6.45, 7) is 3.10. The number of hydrogen-bond donors (Lipinski definition) is 1. The summed E-state index contributed by atoms with van der Waals surface area (Å²) < 4.78 is 5.81. The van der Waals surface area contributed by atoms with Crippen molar-refractivity contribution in [2.24, 2.45) is 5.41 Å². The van der Waals surface area contributed by atoms with Gasteiger partial charge in [-0.1, -0.05) is 25.7 Å². The molecule has 0 atom stereocenters. The van der Waals surface area contributed by atoms with Crippen LogP contribution in [0.3, 0.4) is 0 Å². The average Bonchev–Trinajstić information content (AvgIpc) is 2.91. The fourth-order valence-corrected chi connectivity index (χ4v) is 4.09. The van der Waals surface area contributed by atoms with Crippen molar-refractivity contribution in [1.29, 1.82) is 0 Å². The van der Waals surface area contributed by atoms with Crippen LogP contribution in [0.2, 0.25) is 0 Å². The maximum Gasteiger partial charge on any atom is 0.316 e. The molecule has 7 nitrogen and oxygen atoms in total. The third-order valence-corrected chi connectivity index (χ3v) is 5.83. The van der Waals surface area contributed by atoms with Gasteiger partial charge in [-0.25, -0.2) is 9.97 Å². The van der Waals surface area contributed by atoms with Crippen LogP contribution < -0.4 is 4.74 Å². The second-order valence-corrected chi connectivity index (χ2v) is 7.92. The van der Waals surface area contributed by atoms with Crippen molar-refractivity contribution < 1.29 is 19.4 Å². The zero-order valence-electron chi connectivity index (χ0n) is 16.0. The van der Waals surface area contributed by atoms with E-state index in [2.05, 4.69) is 9.97 Å². The molecule has 2 aliphatic rings. The highest BCUT2D eigenvalue weighted by atomic mass is 16.5. The van der Waals surface area contributed by atoms with Crippen molar-refractivity contribution in [3.05, 3.63) is 18.0 Å². The molecule has 1 aliphatic heterocycles. The van der Waals surface area contributed by atoms with Crippen LogP contribution in [-0.4, -0.2) is 51.0 Å². The number of carbonyl (C=O) groups is 2. The second-order valence-electron chi connectivity index (χ2n) is 7.92. The first-order chi connectivity index (χ1) is 13.0. The molecule has 148 valence electrons. The average molecular weight is 375 g/mol. The summed E-state index contributed by atoms with van der Waals surface area (Å²) in [5, 5.41) is 9.78. The highest BCUT2D eigenvalue weighted by Gasteiger charge is 2.42. The van der Waals surface area contributed by atoms with Gasteiger partial charge in [-0.05, 0) is 25.3 Å². The van der Waals surface area contributed by atoms with Gasteiger partial charge in [0.05, 0.1) is 5.41 Å². The number of carboxylic acids is 1. The first-order valence-electron chi connectivity index (χ1n) is 9.95. The molecule has 1 saturated carbocycles. The Labute approximate surface area is 160 Å². The van der Waals surface area contributed by atoms with E-state index in [1.165, 1.54) is 0 Å². The highest BCUT2D eigenvalue weighted by molar-refractivity contribution is 5.85. The number of aliphatic carboxylic acids is 1. The quantitative estimate of drug-likeness (QED) is 0.796.